The Kier molecular flexibility index (Phi) is 4.62. The van der Waals surface area contributed by atoms with Crippen molar-refractivity contribution in [2.45, 2.75) is 31.5 Å². The number of nitrogens with zero attached hydrogens (tertiary/aromatic N) is 1. The fourth-order valence-electron chi connectivity index (χ4n) is 2.88. The van der Waals surface area contributed by atoms with Crippen LogP contribution in [0.15, 0.2) is 28.7 Å². The standard InChI is InChI=1S/C16H21BrN2O2/c1-18-15-10-21-9-13(15)16(20)19(12-6-7-12)8-11-4-2-3-5-14(11)17/h2-5,12-13,15,18H,6-10H2,1H3. The number of hydrogen-bond donors (Lipinski definition) is 1. The molecule has 21 heavy (non-hydrogen) atoms. The van der Waals surface area contributed by atoms with Crippen molar-refractivity contribution in [3.05, 3.63) is 34.3 Å². The first-order valence-corrected chi connectivity index (χ1v) is 8.29. The number of hydrogen-bond acceptors (Lipinski definition) is 3. The number of likely N-dealkylation sites (N-methyl/N-ethyl adjacent to an activating group) is 1. The van der Waals surface area contributed by atoms with E-state index in [2.05, 4.69) is 27.3 Å². The first-order chi connectivity index (χ1) is 10.2. The second kappa shape index (κ2) is 6.46. The van der Waals surface area contributed by atoms with E-state index in [1.54, 1.807) is 0 Å². The fourth-order valence-corrected chi connectivity index (χ4v) is 3.29. The smallest absolute Gasteiger partial charge is 0.230 e. The Morgan fingerprint density at radius 2 is 2.14 bits per heavy atom. The van der Waals surface area contributed by atoms with Crippen molar-refractivity contribution in [3.63, 3.8) is 0 Å². The van der Waals surface area contributed by atoms with Crippen molar-refractivity contribution in [2.24, 2.45) is 5.92 Å². The lowest BCUT2D eigenvalue weighted by Gasteiger charge is -2.28. The maximum Gasteiger partial charge on any atom is 0.230 e. The maximum atomic E-state index is 12.9. The van der Waals surface area contributed by atoms with Crippen LogP contribution < -0.4 is 5.32 Å². The van der Waals surface area contributed by atoms with Crippen molar-refractivity contribution in [2.75, 3.05) is 20.3 Å². The molecular formula is C16H21BrN2O2. The summed E-state index contributed by atoms with van der Waals surface area (Å²) in [6.45, 7) is 1.84. The van der Waals surface area contributed by atoms with Crippen molar-refractivity contribution < 1.29 is 9.53 Å². The van der Waals surface area contributed by atoms with E-state index in [1.807, 2.05) is 30.1 Å². The molecule has 1 heterocycles. The van der Waals surface area contributed by atoms with E-state index < -0.39 is 0 Å². The van der Waals surface area contributed by atoms with Gasteiger partial charge in [-0.25, -0.2) is 0 Å². The lowest BCUT2D eigenvalue weighted by atomic mass is 10.0. The molecule has 0 aromatic heterocycles. The van der Waals surface area contributed by atoms with Crippen LogP contribution in [0.1, 0.15) is 18.4 Å². The molecule has 114 valence electrons. The van der Waals surface area contributed by atoms with Crippen LogP contribution in [-0.4, -0.2) is 43.2 Å². The third-order valence-corrected chi connectivity index (χ3v) is 5.11. The summed E-state index contributed by atoms with van der Waals surface area (Å²) in [7, 11) is 1.90. The Balaban J connectivity index is 1.75. The molecule has 2 atom stereocenters. The van der Waals surface area contributed by atoms with Crippen LogP contribution >= 0.6 is 15.9 Å². The normalized spacial score (nSPS) is 25.0. The highest BCUT2D eigenvalue weighted by atomic mass is 79.9. The number of rotatable bonds is 5. The van der Waals surface area contributed by atoms with Crippen LogP contribution in [0.2, 0.25) is 0 Å². The molecule has 0 bridgehead atoms. The van der Waals surface area contributed by atoms with Crippen LogP contribution in [0.4, 0.5) is 0 Å². The molecule has 2 aliphatic rings. The molecule has 2 fully saturated rings. The minimum atomic E-state index is -0.0573. The van der Waals surface area contributed by atoms with Crippen molar-refractivity contribution in [1.29, 1.82) is 0 Å². The second-order valence-corrected chi connectivity index (χ2v) is 6.68. The zero-order chi connectivity index (χ0) is 14.8. The van der Waals surface area contributed by atoms with Gasteiger partial charge in [-0.15, -0.1) is 0 Å². The van der Waals surface area contributed by atoms with E-state index in [4.69, 9.17) is 4.74 Å². The minimum absolute atomic E-state index is 0.0573. The van der Waals surface area contributed by atoms with Gasteiger partial charge in [-0.2, -0.15) is 0 Å². The van der Waals surface area contributed by atoms with E-state index in [0.29, 0.717) is 25.8 Å². The van der Waals surface area contributed by atoms with Gasteiger partial charge in [-0.05, 0) is 31.5 Å². The molecule has 1 saturated carbocycles. The summed E-state index contributed by atoms with van der Waals surface area (Å²) in [5.41, 5.74) is 1.16. The van der Waals surface area contributed by atoms with Crippen molar-refractivity contribution in [1.82, 2.24) is 10.2 Å². The largest absolute Gasteiger partial charge is 0.379 e. The molecule has 5 heteroatoms. The van der Waals surface area contributed by atoms with Crippen molar-refractivity contribution >= 4 is 21.8 Å². The summed E-state index contributed by atoms with van der Waals surface area (Å²) in [5.74, 6) is 0.170. The van der Waals surface area contributed by atoms with Gasteiger partial charge in [0.05, 0.1) is 19.1 Å². The number of halogens is 1. The predicted molar refractivity (Wildman–Crippen MR) is 84.9 cm³/mol. The molecule has 0 radical (unpaired) electrons. The Bertz CT molecular complexity index is 519. The lowest BCUT2D eigenvalue weighted by molar-refractivity contribution is -0.137. The third-order valence-electron chi connectivity index (χ3n) is 4.34. The number of ether oxygens (including phenoxy) is 1. The average Bonchev–Trinajstić information content (AvgIpc) is 3.22. The molecule has 2 unspecified atom stereocenters. The second-order valence-electron chi connectivity index (χ2n) is 5.83. The van der Waals surface area contributed by atoms with E-state index >= 15 is 0 Å². The Labute approximate surface area is 134 Å². The molecule has 1 aliphatic heterocycles. The van der Waals surface area contributed by atoms with E-state index in [9.17, 15) is 4.79 Å². The summed E-state index contributed by atoms with van der Waals surface area (Å²) in [6.07, 6.45) is 2.24. The van der Waals surface area contributed by atoms with E-state index in [0.717, 1.165) is 22.9 Å². The van der Waals surface area contributed by atoms with Gasteiger partial charge in [-0.3, -0.25) is 4.79 Å². The Morgan fingerprint density at radius 1 is 1.38 bits per heavy atom. The molecule has 1 saturated heterocycles. The van der Waals surface area contributed by atoms with Crippen LogP contribution in [0.5, 0.6) is 0 Å². The number of benzene rings is 1. The third kappa shape index (κ3) is 3.30. The zero-order valence-corrected chi connectivity index (χ0v) is 13.8. The van der Waals surface area contributed by atoms with Gasteiger partial charge in [0.25, 0.3) is 0 Å². The molecule has 3 rings (SSSR count). The van der Waals surface area contributed by atoms with Gasteiger partial charge in [0.1, 0.15) is 0 Å². The highest BCUT2D eigenvalue weighted by molar-refractivity contribution is 9.10. The molecule has 1 amide bonds. The summed E-state index contributed by atoms with van der Waals surface area (Å²) >= 11 is 3.58. The lowest BCUT2D eigenvalue weighted by Crippen LogP contribution is -2.45. The Hall–Kier alpha value is -0.910. The van der Waals surface area contributed by atoms with Gasteiger partial charge in [0.15, 0.2) is 0 Å². The molecule has 0 spiro atoms. The maximum absolute atomic E-state index is 12.9. The number of carbonyl (C=O) groups is 1. The SMILES string of the molecule is CNC1COCC1C(=O)N(Cc1ccccc1Br)C1CC1. The number of carbonyl (C=O) groups excluding carboxylic acids is 1. The predicted octanol–water partition coefficient (Wildman–Crippen LogP) is 2.17. The summed E-state index contributed by atoms with van der Waals surface area (Å²) in [6, 6.07) is 8.66. The first kappa shape index (κ1) is 15.0. The monoisotopic (exact) mass is 352 g/mol. The molecule has 4 nitrogen and oxygen atoms in total. The van der Waals surface area contributed by atoms with Crippen molar-refractivity contribution in [3.8, 4) is 0 Å². The topological polar surface area (TPSA) is 41.6 Å². The van der Waals surface area contributed by atoms with Gasteiger partial charge in [-0.1, -0.05) is 34.1 Å². The molecule has 1 aromatic rings. The Morgan fingerprint density at radius 3 is 2.81 bits per heavy atom. The van der Waals surface area contributed by atoms with Crippen LogP contribution in [0.3, 0.4) is 0 Å². The van der Waals surface area contributed by atoms with Gasteiger partial charge in [0.2, 0.25) is 5.91 Å². The minimum Gasteiger partial charge on any atom is -0.379 e. The summed E-state index contributed by atoms with van der Waals surface area (Å²) in [5, 5.41) is 3.20. The molecule has 1 aliphatic carbocycles. The highest BCUT2D eigenvalue weighted by Crippen LogP contribution is 2.32. The van der Waals surface area contributed by atoms with Gasteiger partial charge < -0.3 is 15.0 Å². The molecule has 1 aromatic carbocycles. The zero-order valence-electron chi connectivity index (χ0n) is 12.2. The van der Waals surface area contributed by atoms with Crippen LogP contribution in [0.25, 0.3) is 0 Å². The van der Waals surface area contributed by atoms with Crippen LogP contribution in [-0.2, 0) is 16.1 Å². The fraction of sp³-hybridized carbons (Fsp3) is 0.562. The molecular weight excluding hydrogens is 332 g/mol. The molecule has 1 N–H and O–H groups in total. The van der Waals surface area contributed by atoms with E-state index in [-0.39, 0.29) is 17.9 Å². The summed E-state index contributed by atoms with van der Waals surface area (Å²) < 4.78 is 6.55. The van der Waals surface area contributed by atoms with Gasteiger partial charge >= 0.3 is 0 Å². The first-order valence-electron chi connectivity index (χ1n) is 7.49. The number of nitrogens with one attached hydrogen (secondary N) is 1. The van der Waals surface area contributed by atoms with Crippen LogP contribution in [0, 0.1) is 5.92 Å². The average molecular weight is 353 g/mol. The number of amides is 1. The van der Waals surface area contributed by atoms with E-state index in [1.165, 1.54) is 0 Å². The highest BCUT2D eigenvalue weighted by Gasteiger charge is 2.40. The quantitative estimate of drug-likeness (QED) is 0.882. The van der Waals surface area contributed by atoms with Gasteiger partial charge in [0, 0.05) is 23.1 Å². The summed E-state index contributed by atoms with van der Waals surface area (Å²) in [4.78, 5) is 14.9.